The molecule has 0 aliphatic rings. The van der Waals surface area contributed by atoms with Crippen molar-refractivity contribution in [3.8, 4) is 0 Å². The van der Waals surface area contributed by atoms with Gasteiger partial charge < -0.3 is 0 Å². The lowest BCUT2D eigenvalue weighted by atomic mass is 10.1. The SMILES string of the molecule is O=C(CSc1ccccc1Br)Cc1ccncc1Cl. The first-order chi connectivity index (χ1) is 9.16. The van der Waals surface area contributed by atoms with E-state index in [1.807, 2.05) is 24.3 Å². The molecule has 19 heavy (non-hydrogen) atoms. The molecule has 0 N–H and O–H groups in total. The highest BCUT2D eigenvalue weighted by atomic mass is 79.9. The molecule has 2 nitrogen and oxygen atoms in total. The fourth-order valence-electron chi connectivity index (χ4n) is 1.53. The maximum absolute atomic E-state index is 11.9. The highest BCUT2D eigenvalue weighted by Crippen LogP contribution is 2.27. The van der Waals surface area contributed by atoms with Crippen molar-refractivity contribution in [1.82, 2.24) is 4.98 Å². The van der Waals surface area contributed by atoms with Crippen LogP contribution in [0.2, 0.25) is 5.02 Å². The topological polar surface area (TPSA) is 30.0 Å². The lowest BCUT2D eigenvalue weighted by Crippen LogP contribution is -2.06. The Morgan fingerprint density at radius 1 is 1.32 bits per heavy atom. The molecule has 98 valence electrons. The lowest BCUT2D eigenvalue weighted by Gasteiger charge is -2.05. The van der Waals surface area contributed by atoms with E-state index in [2.05, 4.69) is 20.9 Å². The predicted octanol–water partition coefficient (Wildman–Crippen LogP) is 4.40. The van der Waals surface area contributed by atoms with Crippen molar-refractivity contribution in [2.75, 3.05) is 5.75 Å². The van der Waals surface area contributed by atoms with Gasteiger partial charge in [0, 0.05) is 28.2 Å². The number of hydrogen-bond donors (Lipinski definition) is 0. The molecule has 0 amide bonds. The van der Waals surface area contributed by atoms with E-state index in [0.29, 0.717) is 17.2 Å². The summed E-state index contributed by atoms with van der Waals surface area (Å²) >= 11 is 11.0. The van der Waals surface area contributed by atoms with Gasteiger partial charge in [0.25, 0.3) is 0 Å². The van der Waals surface area contributed by atoms with Crippen LogP contribution < -0.4 is 0 Å². The summed E-state index contributed by atoms with van der Waals surface area (Å²) < 4.78 is 1.01. The molecule has 5 heteroatoms. The van der Waals surface area contributed by atoms with Crippen LogP contribution in [0.5, 0.6) is 0 Å². The van der Waals surface area contributed by atoms with Gasteiger partial charge in [-0.2, -0.15) is 0 Å². The summed E-state index contributed by atoms with van der Waals surface area (Å²) in [4.78, 5) is 16.9. The van der Waals surface area contributed by atoms with Crippen molar-refractivity contribution in [3.05, 3.63) is 57.8 Å². The Balaban J connectivity index is 1.92. The Bertz CT molecular complexity index is 591. The smallest absolute Gasteiger partial charge is 0.147 e. The van der Waals surface area contributed by atoms with Crippen LogP contribution in [-0.2, 0) is 11.2 Å². The van der Waals surface area contributed by atoms with E-state index in [1.165, 1.54) is 11.8 Å². The average Bonchev–Trinajstić information content (AvgIpc) is 2.40. The van der Waals surface area contributed by atoms with Gasteiger partial charge in [0.05, 0.1) is 10.8 Å². The van der Waals surface area contributed by atoms with Gasteiger partial charge in [-0.05, 0) is 39.7 Å². The number of nitrogens with zero attached hydrogens (tertiary/aromatic N) is 1. The third-order valence-electron chi connectivity index (χ3n) is 2.47. The second-order valence-electron chi connectivity index (χ2n) is 3.90. The van der Waals surface area contributed by atoms with Crippen LogP contribution in [0.4, 0.5) is 0 Å². The number of halogens is 2. The van der Waals surface area contributed by atoms with E-state index in [9.17, 15) is 4.79 Å². The van der Waals surface area contributed by atoms with Crippen molar-refractivity contribution in [2.45, 2.75) is 11.3 Å². The number of Topliss-reactive ketones (excluding diaryl/α,β-unsaturated/α-hetero) is 1. The summed E-state index contributed by atoms with van der Waals surface area (Å²) in [5.41, 5.74) is 0.828. The number of hydrogen-bond acceptors (Lipinski definition) is 3. The van der Waals surface area contributed by atoms with E-state index in [4.69, 9.17) is 11.6 Å². The zero-order valence-electron chi connectivity index (χ0n) is 9.98. The van der Waals surface area contributed by atoms with E-state index >= 15 is 0 Å². The van der Waals surface area contributed by atoms with Crippen molar-refractivity contribution in [1.29, 1.82) is 0 Å². The van der Waals surface area contributed by atoms with E-state index in [1.54, 1.807) is 18.5 Å². The number of carbonyl (C=O) groups excluding carboxylic acids is 1. The molecule has 0 aliphatic heterocycles. The molecule has 0 bridgehead atoms. The van der Waals surface area contributed by atoms with Gasteiger partial charge in [-0.1, -0.05) is 23.7 Å². The first-order valence-electron chi connectivity index (χ1n) is 5.64. The van der Waals surface area contributed by atoms with Crippen LogP contribution in [0.1, 0.15) is 5.56 Å². The van der Waals surface area contributed by atoms with Crippen molar-refractivity contribution in [2.24, 2.45) is 0 Å². The maximum atomic E-state index is 11.9. The van der Waals surface area contributed by atoms with Crippen LogP contribution >= 0.6 is 39.3 Å². The molecule has 0 saturated heterocycles. The van der Waals surface area contributed by atoms with Crippen LogP contribution in [0.15, 0.2) is 52.1 Å². The Kier molecular flexibility index (Phi) is 5.43. The number of thioether (sulfide) groups is 1. The second-order valence-corrected chi connectivity index (χ2v) is 6.18. The molecule has 1 aromatic carbocycles. The van der Waals surface area contributed by atoms with Gasteiger partial charge in [0.1, 0.15) is 5.78 Å². The molecule has 0 unspecified atom stereocenters. The number of ketones is 1. The summed E-state index contributed by atoms with van der Waals surface area (Å²) in [5.74, 6) is 0.579. The lowest BCUT2D eigenvalue weighted by molar-refractivity contribution is -0.116. The van der Waals surface area contributed by atoms with Gasteiger partial charge in [-0.3, -0.25) is 9.78 Å². The maximum Gasteiger partial charge on any atom is 0.147 e. The molecule has 2 aromatic rings. The van der Waals surface area contributed by atoms with E-state index in [0.717, 1.165) is 14.9 Å². The van der Waals surface area contributed by atoms with Gasteiger partial charge in [0.15, 0.2) is 0 Å². The quantitative estimate of drug-likeness (QED) is 0.744. The average molecular weight is 357 g/mol. The molecule has 0 aliphatic carbocycles. The highest BCUT2D eigenvalue weighted by molar-refractivity contribution is 9.10. The molecule has 1 aromatic heterocycles. The number of benzene rings is 1. The second kappa shape index (κ2) is 7.08. The minimum absolute atomic E-state index is 0.147. The summed E-state index contributed by atoms with van der Waals surface area (Å²) in [5, 5.41) is 0.543. The summed E-state index contributed by atoms with van der Waals surface area (Å²) in [6.07, 6.45) is 3.55. The largest absolute Gasteiger partial charge is 0.298 e. The highest BCUT2D eigenvalue weighted by Gasteiger charge is 2.08. The van der Waals surface area contributed by atoms with E-state index in [-0.39, 0.29) is 5.78 Å². The van der Waals surface area contributed by atoms with Crippen LogP contribution in [0, 0.1) is 0 Å². The van der Waals surface area contributed by atoms with Crippen LogP contribution in [0.3, 0.4) is 0 Å². The summed E-state index contributed by atoms with van der Waals surface area (Å²) in [6.45, 7) is 0. The number of aromatic nitrogens is 1. The molecule has 0 fully saturated rings. The Morgan fingerprint density at radius 3 is 2.84 bits per heavy atom. The summed E-state index contributed by atoms with van der Waals surface area (Å²) in [7, 11) is 0. The van der Waals surface area contributed by atoms with Crippen molar-refractivity contribution < 1.29 is 4.79 Å². The van der Waals surface area contributed by atoms with Gasteiger partial charge in [-0.25, -0.2) is 0 Å². The van der Waals surface area contributed by atoms with Crippen LogP contribution in [-0.4, -0.2) is 16.5 Å². The third kappa shape index (κ3) is 4.34. The number of carbonyl (C=O) groups is 1. The molecule has 0 saturated carbocycles. The first kappa shape index (κ1) is 14.6. The van der Waals surface area contributed by atoms with Gasteiger partial charge in [-0.15, -0.1) is 11.8 Å². The fraction of sp³-hybridized carbons (Fsp3) is 0.143. The van der Waals surface area contributed by atoms with Crippen molar-refractivity contribution >= 4 is 45.1 Å². The zero-order valence-corrected chi connectivity index (χ0v) is 13.1. The Hall–Kier alpha value is -0.840. The Morgan fingerprint density at radius 2 is 2.11 bits per heavy atom. The van der Waals surface area contributed by atoms with Crippen molar-refractivity contribution in [3.63, 3.8) is 0 Å². The minimum Gasteiger partial charge on any atom is -0.298 e. The van der Waals surface area contributed by atoms with Crippen LogP contribution in [0.25, 0.3) is 0 Å². The van der Waals surface area contributed by atoms with E-state index < -0.39 is 0 Å². The molecule has 0 atom stereocenters. The normalized spacial score (nSPS) is 10.4. The molecule has 0 spiro atoms. The number of rotatable bonds is 5. The molecule has 2 rings (SSSR count). The molecular formula is C14H11BrClNOS. The molecular weight excluding hydrogens is 346 g/mol. The van der Waals surface area contributed by atoms with Gasteiger partial charge >= 0.3 is 0 Å². The standard InChI is InChI=1S/C14H11BrClNOS/c15-12-3-1-2-4-14(12)19-9-11(18)7-10-5-6-17-8-13(10)16/h1-6,8H,7,9H2. The third-order valence-corrected chi connectivity index (χ3v) is 4.90. The zero-order chi connectivity index (χ0) is 13.7. The molecule has 0 radical (unpaired) electrons. The summed E-state index contributed by atoms with van der Waals surface area (Å²) in [6, 6.07) is 9.64. The minimum atomic E-state index is 0.147. The molecule has 1 heterocycles. The first-order valence-corrected chi connectivity index (χ1v) is 7.80. The monoisotopic (exact) mass is 355 g/mol. The van der Waals surface area contributed by atoms with Gasteiger partial charge in [0.2, 0.25) is 0 Å². The Labute approximate surface area is 129 Å². The fourth-order valence-corrected chi connectivity index (χ4v) is 3.14. The predicted molar refractivity (Wildman–Crippen MR) is 82.8 cm³/mol. The number of pyridine rings is 1.